The Morgan fingerprint density at radius 1 is 1.20 bits per heavy atom. The molecule has 11 nitrogen and oxygen atoms in total. The fourth-order valence-corrected chi connectivity index (χ4v) is 4.10. The zero-order valence-corrected chi connectivity index (χ0v) is 20.6. The van der Waals surface area contributed by atoms with E-state index in [1.165, 1.54) is 23.9 Å². The summed E-state index contributed by atoms with van der Waals surface area (Å²) in [5, 5.41) is 25.5. The van der Waals surface area contributed by atoms with Crippen molar-refractivity contribution in [1.29, 1.82) is 0 Å². The molecule has 12 heteroatoms. The summed E-state index contributed by atoms with van der Waals surface area (Å²) in [4.78, 5) is 35.6. The van der Waals surface area contributed by atoms with Crippen LogP contribution in [0.3, 0.4) is 0 Å². The van der Waals surface area contributed by atoms with Gasteiger partial charge in [0, 0.05) is 24.2 Å². The van der Waals surface area contributed by atoms with Crippen molar-refractivity contribution >= 4 is 35.0 Å². The fraction of sp³-hybridized carbons (Fsp3) is 0.304. The van der Waals surface area contributed by atoms with Crippen LogP contribution in [0.15, 0.2) is 47.6 Å². The Balaban J connectivity index is 1.63. The lowest BCUT2D eigenvalue weighted by atomic mass is 10.2. The zero-order valence-electron chi connectivity index (χ0n) is 19.8. The Morgan fingerprint density at radius 2 is 1.91 bits per heavy atom. The first-order valence-corrected chi connectivity index (χ1v) is 11.8. The number of aromatic nitrogens is 3. The number of anilines is 1. The molecule has 2 aromatic carbocycles. The Morgan fingerprint density at radius 3 is 2.54 bits per heavy atom. The lowest BCUT2D eigenvalue weighted by molar-refractivity contribution is -0.384. The third kappa shape index (κ3) is 6.35. The van der Waals surface area contributed by atoms with Crippen molar-refractivity contribution in [3.8, 4) is 5.75 Å². The number of amides is 2. The maximum absolute atomic E-state index is 12.6. The van der Waals surface area contributed by atoms with Gasteiger partial charge in [0.05, 0.1) is 29.5 Å². The number of hydrogen-bond acceptors (Lipinski definition) is 8. The second kappa shape index (κ2) is 11.5. The van der Waals surface area contributed by atoms with E-state index in [0.717, 1.165) is 5.56 Å². The van der Waals surface area contributed by atoms with Crippen LogP contribution in [0, 0.1) is 17.0 Å². The Kier molecular flexibility index (Phi) is 8.42. The van der Waals surface area contributed by atoms with Crippen LogP contribution in [0.25, 0.3) is 0 Å². The van der Waals surface area contributed by atoms with Gasteiger partial charge >= 0.3 is 0 Å². The van der Waals surface area contributed by atoms with Gasteiger partial charge in [0.25, 0.3) is 11.6 Å². The molecule has 1 aromatic heterocycles. The van der Waals surface area contributed by atoms with Gasteiger partial charge in [-0.2, -0.15) is 0 Å². The Labute approximate surface area is 206 Å². The third-order valence-electron chi connectivity index (χ3n) is 5.19. The second-order valence-corrected chi connectivity index (χ2v) is 8.54. The highest BCUT2D eigenvalue weighted by Gasteiger charge is 2.20. The van der Waals surface area contributed by atoms with Crippen LogP contribution in [0.2, 0.25) is 0 Å². The molecule has 0 saturated heterocycles. The number of nitrogens with one attached hydrogen (secondary N) is 2. The number of thioether (sulfide) groups is 1. The van der Waals surface area contributed by atoms with Gasteiger partial charge in [0.15, 0.2) is 11.0 Å². The molecule has 0 fully saturated rings. The van der Waals surface area contributed by atoms with Gasteiger partial charge in [-0.3, -0.25) is 19.7 Å². The maximum atomic E-state index is 12.6. The lowest BCUT2D eigenvalue weighted by Crippen LogP contribution is -2.28. The largest absolute Gasteiger partial charge is 0.497 e. The van der Waals surface area contributed by atoms with Crippen molar-refractivity contribution in [2.24, 2.45) is 0 Å². The molecule has 2 N–H and O–H groups in total. The van der Waals surface area contributed by atoms with Crippen LogP contribution in [-0.2, 0) is 11.3 Å². The number of methoxy groups -OCH3 is 1. The summed E-state index contributed by atoms with van der Waals surface area (Å²) in [6, 6.07) is 10.7. The third-order valence-corrected chi connectivity index (χ3v) is 6.15. The average molecular weight is 499 g/mol. The van der Waals surface area contributed by atoms with Crippen molar-refractivity contribution in [2.75, 3.05) is 18.2 Å². The molecule has 35 heavy (non-hydrogen) atoms. The normalized spacial score (nSPS) is 11.5. The monoisotopic (exact) mass is 498 g/mol. The molecule has 1 heterocycles. The molecule has 0 spiro atoms. The number of nitrogens with zero attached hydrogens (tertiary/aromatic N) is 4. The van der Waals surface area contributed by atoms with E-state index >= 15 is 0 Å². The van der Waals surface area contributed by atoms with Crippen molar-refractivity contribution < 1.29 is 19.2 Å². The molecule has 2 amide bonds. The summed E-state index contributed by atoms with van der Waals surface area (Å²) >= 11 is 1.19. The summed E-state index contributed by atoms with van der Waals surface area (Å²) in [6.07, 6.45) is 0. The predicted molar refractivity (Wildman–Crippen MR) is 132 cm³/mol. The molecule has 0 aliphatic heterocycles. The number of nitro benzene ring substituents is 1. The molecular weight excluding hydrogens is 472 g/mol. The van der Waals surface area contributed by atoms with Crippen LogP contribution in [0.4, 0.5) is 11.4 Å². The van der Waals surface area contributed by atoms with E-state index in [0.29, 0.717) is 34.5 Å². The van der Waals surface area contributed by atoms with Crippen molar-refractivity contribution in [1.82, 2.24) is 20.1 Å². The maximum Gasteiger partial charge on any atom is 0.271 e. The van der Waals surface area contributed by atoms with Gasteiger partial charge in [-0.15, -0.1) is 10.2 Å². The number of carbonyl (C=O) groups excluding carboxylic acids is 2. The number of carbonyl (C=O) groups is 2. The minimum Gasteiger partial charge on any atom is -0.497 e. The number of hydrogen-bond donors (Lipinski definition) is 2. The number of non-ortho nitro benzene ring substituents is 1. The number of rotatable bonds is 10. The molecule has 3 rings (SSSR count). The van der Waals surface area contributed by atoms with Gasteiger partial charge in [0.1, 0.15) is 5.75 Å². The molecule has 184 valence electrons. The number of aryl methyl sites for hydroxylation is 1. The summed E-state index contributed by atoms with van der Waals surface area (Å²) in [7, 11) is 1.56. The lowest BCUT2D eigenvalue weighted by Gasteiger charge is -2.15. The molecule has 0 radical (unpaired) electrons. The highest BCUT2D eigenvalue weighted by Crippen LogP contribution is 2.24. The molecule has 3 aromatic rings. The summed E-state index contributed by atoms with van der Waals surface area (Å²) < 4.78 is 6.94. The summed E-state index contributed by atoms with van der Waals surface area (Å²) in [5.74, 6) is 0.671. The molecule has 0 saturated carbocycles. The standard InChI is InChI=1S/C23H26N6O5S/c1-5-28-21(15(3)24-22(31)16-7-10-18(34-4)11-8-16)26-27-23(28)35-13-20(30)25-19-12-17(29(32)33)9-6-14(19)2/h6-12,15H,5,13H2,1-4H3,(H,24,31)(H,25,30). The van der Waals surface area contributed by atoms with Gasteiger partial charge in [-0.25, -0.2) is 0 Å². The first kappa shape index (κ1) is 25.7. The van der Waals surface area contributed by atoms with Gasteiger partial charge in [-0.05, 0) is 50.6 Å². The van der Waals surface area contributed by atoms with Crippen LogP contribution in [-0.4, -0.2) is 44.4 Å². The molecule has 0 aliphatic rings. The highest BCUT2D eigenvalue weighted by atomic mass is 32.2. The molecule has 0 bridgehead atoms. The molecular formula is C23H26N6O5S. The number of ether oxygens (including phenoxy) is 1. The van der Waals surface area contributed by atoms with Crippen molar-refractivity contribution in [3.63, 3.8) is 0 Å². The van der Waals surface area contributed by atoms with E-state index in [2.05, 4.69) is 20.8 Å². The van der Waals surface area contributed by atoms with Crippen LogP contribution in [0.1, 0.15) is 41.6 Å². The first-order valence-electron chi connectivity index (χ1n) is 10.8. The van der Waals surface area contributed by atoms with E-state index in [9.17, 15) is 19.7 Å². The first-order chi connectivity index (χ1) is 16.7. The van der Waals surface area contributed by atoms with Crippen molar-refractivity contribution in [2.45, 2.75) is 38.5 Å². The van der Waals surface area contributed by atoms with E-state index in [1.807, 2.05) is 18.4 Å². The SMILES string of the molecule is CCn1c(SCC(=O)Nc2cc([N+](=O)[O-])ccc2C)nnc1C(C)NC(=O)c1ccc(OC)cc1. The highest BCUT2D eigenvalue weighted by molar-refractivity contribution is 7.99. The smallest absolute Gasteiger partial charge is 0.271 e. The van der Waals surface area contributed by atoms with Crippen LogP contribution < -0.4 is 15.4 Å². The average Bonchev–Trinajstić information content (AvgIpc) is 3.27. The minimum absolute atomic E-state index is 0.0346. The number of benzene rings is 2. The summed E-state index contributed by atoms with van der Waals surface area (Å²) in [5.41, 5.74) is 1.49. The van der Waals surface area contributed by atoms with Crippen LogP contribution in [0.5, 0.6) is 5.75 Å². The molecule has 0 aliphatic carbocycles. The van der Waals surface area contributed by atoms with E-state index in [-0.39, 0.29) is 23.3 Å². The minimum atomic E-state index is -0.510. The Bertz CT molecular complexity index is 1230. The zero-order chi connectivity index (χ0) is 25.5. The summed E-state index contributed by atoms with van der Waals surface area (Å²) in [6.45, 7) is 6.03. The molecule has 1 unspecified atom stereocenters. The van der Waals surface area contributed by atoms with E-state index in [1.54, 1.807) is 44.4 Å². The van der Waals surface area contributed by atoms with Gasteiger partial charge in [-0.1, -0.05) is 17.8 Å². The predicted octanol–water partition coefficient (Wildman–Crippen LogP) is 3.75. The topological polar surface area (TPSA) is 141 Å². The Hall–Kier alpha value is -3.93. The van der Waals surface area contributed by atoms with Gasteiger partial charge in [0.2, 0.25) is 5.91 Å². The fourth-order valence-electron chi connectivity index (χ4n) is 3.29. The second-order valence-electron chi connectivity index (χ2n) is 7.60. The molecule has 1 atom stereocenters. The van der Waals surface area contributed by atoms with Crippen LogP contribution >= 0.6 is 11.8 Å². The van der Waals surface area contributed by atoms with E-state index in [4.69, 9.17) is 4.74 Å². The van der Waals surface area contributed by atoms with E-state index < -0.39 is 11.0 Å². The quantitative estimate of drug-likeness (QED) is 0.245. The van der Waals surface area contributed by atoms with Gasteiger partial charge < -0.3 is 19.9 Å². The van der Waals surface area contributed by atoms with Crippen molar-refractivity contribution in [3.05, 3.63) is 69.5 Å². The number of nitro groups is 1.